The van der Waals surface area contributed by atoms with Crippen molar-refractivity contribution >= 4 is 48.0 Å². The summed E-state index contributed by atoms with van der Waals surface area (Å²) in [6.45, 7) is 5.56. The second-order valence-corrected chi connectivity index (χ2v) is 7.41. The molecular weight excluding hydrogens is 419 g/mol. The minimum atomic E-state index is -0.362. The molecule has 3 heterocycles. The van der Waals surface area contributed by atoms with E-state index in [1.807, 2.05) is 4.90 Å². The van der Waals surface area contributed by atoms with Gasteiger partial charge in [0.1, 0.15) is 0 Å². The highest BCUT2D eigenvalue weighted by molar-refractivity contribution is 5.99. The van der Waals surface area contributed by atoms with Gasteiger partial charge in [0.15, 0.2) is 11.5 Å². The molecule has 3 aliphatic rings. The lowest BCUT2D eigenvalue weighted by Crippen LogP contribution is -2.41. The first kappa shape index (κ1) is 23.4. The van der Waals surface area contributed by atoms with Crippen LogP contribution in [-0.2, 0) is 9.59 Å². The summed E-state index contributed by atoms with van der Waals surface area (Å²) in [6.07, 6.45) is 2.53. The fourth-order valence-electron chi connectivity index (χ4n) is 4.20. The number of carbonyl (C=O) groups excluding carboxylic acids is 2. The van der Waals surface area contributed by atoms with Gasteiger partial charge in [0, 0.05) is 37.7 Å². The Hall–Kier alpha value is -1.90. The number of ether oxygens (including phenoxy) is 2. The number of rotatable bonds is 5. The molecule has 1 aromatic rings. The maximum absolute atomic E-state index is 12.7. The van der Waals surface area contributed by atoms with E-state index in [9.17, 15) is 9.59 Å². The number of halogens is 2. The van der Waals surface area contributed by atoms with Gasteiger partial charge < -0.3 is 25.4 Å². The van der Waals surface area contributed by atoms with E-state index in [1.54, 1.807) is 12.1 Å². The molecule has 10 heteroatoms. The smallest absolute Gasteiger partial charge is 0.231 e. The van der Waals surface area contributed by atoms with Crippen molar-refractivity contribution in [2.75, 3.05) is 44.0 Å². The summed E-state index contributed by atoms with van der Waals surface area (Å²) in [5.41, 5.74) is 6.91. The second kappa shape index (κ2) is 9.73. The van der Waals surface area contributed by atoms with E-state index in [1.165, 1.54) is 6.42 Å². The molecule has 29 heavy (non-hydrogen) atoms. The van der Waals surface area contributed by atoms with Gasteiger partial charge in [-0.25, -0.2) is 0 Å². The minimum absolute atomic E-state index is 0. The number of carbonyl (C=O) groups is 2. The monoisotopic (exact) mass is 446 g/mol. The van der Waals surface area contributed by atoms with Crippen LogP contribution >= 0.6 is 24.8 Å². The Labute approximate surface area is 182 Å². The van der Waals surface area contributed by atoms with Gasteiger partial charge in [0.2, 0.25) is 18.6 Å². The largest absolute Gasteiger partial charge is 0.454 e. The summed E-state index contributed by atoms with van der Waals surface area (Å²) < 4.78 is 10.6. The quantitative estimate of drug-likeness (QED) is 0.672. The molecule has 0 radical (unpaired) electrons. The standard InChI is InChI=1S/C19H26N4O4.2ClH/c1-2-22-5-3-4-13(22)10-23-9-12(6-18(23)24)19(25)21-15-8-17-16(7-14(15)20)26-11-27-17;;/h7-8,12-13H,2-6,9-11,20H2,1H3,(H,21,25);2*1H. The number of amides is 2. The fraction of sp³-hybridized carbons (Fsp3) is 0.579. The topological polar surface area (TPSA) is 97.1 Å². The lowest BCUT2D eigenvalue weighted by Gasteiger charge is -2.27. The highest BCUT2D eigenvalue weighted by Gasteiger charge is 2.37. The summed E-state index contributed by atoms with van der Waals surface area (Å²) >= 11 is 0. The van der Waals surface area contributed by atoms with Crippen LogP contribution in [0.25, 0.3) is 0 Å². The van der Waals surface area contributed by atoms with Crippen LogP contribution in [0, 0.1) is 5.92 Å². The molecule has 1 aromatic carbocycles. The van der Waals surface area contributed by atoms with E-state index >= 15 is 0 Å². The molecule has 2 fully saturated rings. The van der Waals surface area contributed by atoms with Crippen molar-refractivity contribution in [2.45, 2.75) is 32.2 Å². The van der Waals surface area contributed by atoms with Gasteiger partial charge in [-0.15, -0.1) is 24.8 Å². The third kappa shape index (κ3) is 4.82. The SMILES string of the molecule is CCN1CCCC1CN1CC(C(=O)Nc2cc3c(cc2N)OCO3)CC1=O.Cl.Cl. The van der Waals surface area contributed by atoms with Crippen molar-refractivity contribution < 1.29 is 19.1 Å². The van der Waals surface area contributed by atoms with Gasteiger partial charge in [-0.2, -0.15) is 0 Å². The number of benzene rings is 1. The highest BCUT2D eigenvalue weighted by atomic mass is 35.5. The first-order chi connectivity index (χ1) is 13.0. The predicted molar refractivity (Wildman–Crippen MR) is 115 cm³/mol. The fourth-order valence-corrected chi connectivity index (χ4v) is 4.20. The Bertz CT molecular complexity index is 764. The average Bonchev–Trinajstić information content (AvgIpc) is 3.36. The molecule has 2 atom stereocenters. The molecule has 0 spiro atoms. The van der Waals surface area contributed by atoms with E-state index in [-0.39, 0.29) is 55.8 Å². The number of nitrogens with two attached hydrogens (primary N) is 1. The normalized spacial score (nSPS) is 22.9. The molecule has 3 aliphatic heterocycles. The van der Waals surface area contributed by atoms with Crippen LogP contribution in [0.2, 0.25) is 0 Å². The number of nitrogen functional groups attached to an aromatic ring is 1. The first-order valence-electron chi connectivity index (χ1n) is 9.57. The van der Waals surface area contributed by atoms with Crippen LogP contribution < -0.4 is 20.5 Å². The third-order valence-electron chi connectivity index (χ3n) is 5.72. The van der Waals surface area contributed by atoms with Gasteiger partial charge in [0.05, 0.1) is 17.3 Å². The number of nitrogens with one attached hydrogen (secondary N) is 1. The zero-order valence-electron chi connectivity index (χ0n) is 16.4. The van der Waals surface area contributed by atoms with Crippen molar-refractivity contribution in [1.29, 1.82) is 0 Å². The number of likely N-dealkylation sites (N-methyl/N-ethyl adjacent to an activating group) is 1. The van der Waals surface area contributed by atoms with Crippen LogP contribution in [0.15, 0.2) is 12.1 Å². The van der Waals surface area contributed by atoms with E-state index in [0.717, 1.165) is 19.5 Å². The molecule has 0 aromatic heterocycles. The lowest BCUT2D eigenvalue weighted by atomic mass is 10.1. The van der Waals surface area contributed by atoms with E-state index < -0.39 is 0 Å². The Kier molecular flexibility index (Phi) is 7.85. The molecule has 2 amide bonds. The summed E-state index contributed by atoms with van der Waals surface area (Å²) in [6, 6.07) is 3.72. The van der Waals surface area contributed by atoms with Gasteiger partial charge >= 0.3 is 0 Å². The second-order valence-electron chi connectivity index (χ2n) is 7.41. The summed E-state index contributed by atoms with van der Waals surface area (Å²) in [7, 11) is 0. The van der Waals surface area contributed by atoms with Crippen LogP contribution in [0.4, 0.5) is 11.4 Å². The Morgan fingerprint density at radius 1 is 1.28 bits per heavy atom. The van der Waals surface area contributed by atoms with Gasteiger partial charge in [-0.1, -0.05) is 6.92 Å². The molecule has 162 valence electrons. The van der Waals surface area contributed by atoms with Gasteiger partial charge in [-0.05, 0) is 25.9 Å². The number of hydrogen-bond donors (Lipinski definition) is 2. The van der Waals surface area contributed by atoms with Crippen LogP contribution in [0.5, 0.6) is 11.5 Å². The lowest BCUT2D eigenvalue weighted by molar-refractivity contribution is -0.128. The zero-order chi connectivity index (χ0) is 19.0. The van der Waals surface area contributed by atoms with Crippen LogP contribution in [-0.4, -0.2) is 60.6 Å². The van der Waals surface area contributed by atoms with Crippen molar-refractivity contribution in [3.63, 3.8) is 0 Å². The van der Waals surface area contributed by atoms with Gasteiger partial charge in [-0.3, -0.25) is 14.5 Å². The maximum atomic E-state index is 12.7. The molecular formula is C19H28Cl2N4O4. The summed E-state index contributed by atoms with van der Waals surface area (Å²) in [4.78, 5) is 29.3. The van der Waals surface area contributed by atoms with E-state index in [2.05, 4.69) is 17.1 Å². The van der Waals surface area contributed by atoms with Crippen LogP contribution in [0.3, 0.4) is 0 Å². The molecule has 4 rings (SSSR count). The van der Waals surface area contributed by atoms with E-state index in [4.69, 9.17) is 15.2 Å². The Morgan fingerprint density at radius 3 is 2.72 bits per heavy atom. The number of hydrogen-bond acceptors (Lipinski definition) is 6. The summed E-state index contributed by atoms with van der Waals surface area (Å²) in [5, 5.41) is 2.85. The van der Waals surface area contributed by atoms with Crippen molar-refractivity contribution in [2.24, 2.45) is 5.92 Å². The molecule has 0 bridgehead atoms. The third-order valence-corrected chi connectivity index (χ3v) is 5.72. The molecule has 2 saturated heterocycles. The van der Waals surface area contributed by atoms with Crippen molar-refractivity contribution in [3.8, 4) is 11.5 Å². The Balaban J connectivity index is 0.00000150. The van der Waals surface area contributed by atoms with Crippen molar-refractivity contribution in [1.82, 2.24) is 9.80 Å². The highest BCUT2D eigenvalue weighted by Crippen LogP contribution is 2.38. The molecule has 2 unspecified atom stereocenters. The number of likely N-dealkylation sites (tertiary alicyclic amines) is 2. The minimum Gasteiger partial charge on any atom is -0.454 e. The maximum Gasteiger partial charge on any atom is 0.231 e. The van der Waals surface area contributed by atoms with Crippen LogP contribution in [0.1, 0.15) is 26.2 Å². The number of anilines is 2. The molecule has 3 N–H and O–H groups in total. The summed E-state index contributed by atoms with van der Waals surface area (Å²) in [5.74, 6) is 0.639. The average molecular weight is 447 g/mol. The first-order valence-corrected chi connectivity index (χ1v) is 9.57. The number of fused-ring (bicyclic) bond motifs is 1. The molecule has 0 saturated carbocycles. The Morgan fingerprint density at radius 2 is 2.00 bits per heavy atom. The van der Waals surface area contributed by atoms with E-state index in [0.29, 0.717) is 42.0 Å². The van der Waals surface area contributed by atoms with Gasteiger partial charge in [0.25, 0.3) is 0 Å². The predicted octanol–water partition coefficient (Wildman–Crippen LogP) is 2.11. The molecule has 8 nitrogen and oxygen atoms in total. The number of nitrogens with zero attached hydrogens (tertiary/aromatic N) is 2. The van der Waals surface area contributed by atoms with Crippen molar-refractivity contribution in [3.05, 3.63) is 12.1 Å². The zero-order valence-corrected chi connectivity index (χ0v) is 18.0. The molecule has 0 aliphatic carbocycles.